The van der Waals surface area contributed by atoms with Crippen LogP contribution >= 0.6 is 0 Å². The normalized spacial score (nSPS) is 10.2. The molecule has 0 saturated carbocycles. The molecule has 0 saturated heterocycles. The molecule has 1 aromatic carbocycles. The zero-order chi connectivity index (χ0) is 10.5. The third-order valence-electron chi connectivity index (χ3n) is 2.00. The molecule has 0 aliphatic carbocycles. The average Bonchev–Trinajstić information content (AvgIpc) is 2.75. The molecular formula is C10H13N5. The van der Waals surface area contributed by atoms with Gasteiger partial charge < -0.3 is 11.1 Å². The fraction of sp³-hybridized carbons (Fsp3) is 0.200. The quantitative estimate of drug-likeness (QED) is 0.765. The molecule has 78 valence electrons. The molecule has 0 aliphatic rings. The maximum Gasteiger partial charge on any atom is 0.150 e. The van der Waals surface area contributed by atoms with Crippen LogP contribution in [0.1, 0.15) is 0 Å². The zero-order valence-corrected chi connectivity index (χ0v) is 8.30. The van der Waals surface area contributed by atoms with Gasteiger partial charge in [0.15, 0.2) is 0 Å². The fourth-order valence-electron chi connectivity index (χ4n) is 1.32. The molecule has 2 aromatic rings. The van der Waals surface area contributed by atoms with Crippen LogP contribution in [0.15, 0.2) is 36.5 Å². The standard InChI is InChI=1S/C10H13N5/c11-6-7-12-10-8-13-14-15(10)9-4-2-1-3-5-9/h1-5,8,12H,6-7,11H2. The minimum absolute atomic E-state index is 0.583. The lowest BCUT2D eigenvalue weighted by atomic mass is 10.3. The maximum atomic E-state index is 5.42. The summed E-state index contributed by atoms with van der Waals surface area (Å²) in [6.45, 7) is 1.29. The Morgan fingerprint density at radius 2 is 2.07 bits per heavy atom. The van der Waals surface area contributed by atoms with Gasteiger partial charge in [0, 0.05) is 13.1 Å². The highest BCUT2D eigenvalue weighted by Gasteiger charge is 2.03. The van der Waals surface area contributed by atoms with E-state index in [-0.39, 0.29) is 0 Å². The van der Waals surface area contributed by atoms with Crippen LogP contribution in [-0.4, -0.2) is 28.1 Å². The van der Waals surface area contributed by atoms with Gasteiger partial charge in [0.2, 0.25) is 0 Å². The van der Waals surface area contributed by atoms with Crippen molar-refractivity contribution in [2.24, 2.45) is 5.73 Å². The summed E-state index contributed by atoms with van der Waals surface area (Å²) in [6.07, 6.45) is 1.68. The first-order chi connectivity index (χ1) is 7.42. The van der Waals surface area contributed by atoms with Gasteiger partial charge in [0.25, 0.3) is 0 Å². The van der Waals surface area contributed by atoms with Gasteiger partial charge in [0.1, 0.15) is 5.82 Å². The third kappa shape index (κ3) is 2.13. The molecule has 0 fully saturated rings. The van der Waals surface area contributed by atoms with Crippen LogP contribution in [0, 0.1) is 0 Å². The van der Waals surface area contributed by atoms with Crippen molar-refractivity contribution < 1.29 is 0 Å². The summed E-state index contributed by atoms with van der Waals surface area (Å²) < 4.78 is 1.75. The van der Waals surface area contributed by atoms with E-state index in [9.17, 15) is 0 Å². The predicted octanol–water partition coefficient (Wildman–Crippen LogP) is 0.638. The van der Waals surface area contributed by atoms with Gasteiger partial charge in [-0.25, -0.2) is 0 Å². The number of hydrogen-bond donors (Lipinski definition) is 2. The minimum Gasteiger partial charge on any atom is -0.367 e. The number of hydrogen-bond acceptors (Lipinski definition) is 4. The van der Waals surface area contributed by atoms with E-state index in [1.54, 1.807) is 10.9 Å². The molecule has 15 heavy (non-hydrogen) atoms. The van der Waals surface area contributed by atoms with Crippen LogP contribution in [0.3, 0.4) is 0 Å². The summed E-state index contributed by atoms with van der Waals surface area (Å²) in [7, 11) is 0. The van der Waals surface area contributed by atoms with Gasteiger partial charge >= 0.3 is 0 Å². The second kappa shape index (κ2) is 4.56. The first-order valence-corrected chi connectivity index (χ1v) is 4.82. The Hall–Kier alpha value is -1.88. The third-order valence-corrected chi connectivity index (χ3v) is 2.00. The summed E-state index contributed by atoms with van der Waals surface area (Å²) in [6, 6.07) is 9.84. The van der Waals surface area contributed by atoms with Crippen LogP contribution in [0.2, 0.25) is 0 Å². The van der Waals surface area contributed by atoms with Gasteiger partial charge in [-0.1, -0.05) is 23.4 Å². The number of para-hydroxylation sites is 1. The first kappa shape index (κ1) is 9.67. The molecule has 3 N–H and O–H groups in total. The Morgan fingerprint density at radius 1 is 1.27 bits per heavy atom. The van der Waals surface area contributed by atoms with Gasteiger partial charge in [-0.3, -0.25) is 0 Å². The summed E-state index contributed by atoms with van der Waals surface area (Å²) in [4.78, 5) is 0. The number of nitrogens with zero attached hydrogens (tertiary/aromatic N) is 3. The van der Waals surface area contributed by atoms with Crippen LogP contribution < -0.4 is 11.1 Å². The number of nitrogens with two attached hydrogens (primary N) is 1. The van der Waals surface area contributed by atoms with Crippen molar-refractivity contribution in [1.82, 2.24) is 15.0 Å². The highest BCUT2D eigenvalue weighted by Crippen LogP contribution is 2.11. The SMILES string of the molecule is NCCNc1cnnn1-c1ccccc1. The average molecular weight is 203 g/mol. The van der Waals surface area contributed by atoms with Gasteiger partial charge in [-0.2, -0.15) is 4.68 Å². The molecule has 5 nitrogen and oxygen atoms in total. The van der Waals surface area contributed by atoms with E-state index in [0.29, 0.717) is 13.1 Å². The van der Waals surface area contributed by atoms with E-state index in [0.717, 1.165) is 11.5 Å². The summed E-state index contributed by atoms with van der Waals surface area (Å²) in [5.74, 6) is 0.853. The molecule has 0 aliphatic heterocycles. The summed E-state index contributed by atoms with van der Waals surface area (Å²) in [5, 5.41) is 11.0. The van der Waals surface area contributed by atoms with E-state index in [4.69, 9.17) is 5.73 Å². The van der Waals surface area contributed by atoms with Crippen molar-refractivity contribution in [2.75, 3.05) is 18.4 Å². The van der Waals surface area contributed by atoms with E-state index in [1.165, 1.54) is 0 Å². The second-order valence-electron chi connectivity index (χ2n) is 3.08. The Bertz CT molecular complexity index is 409. The van der Waals surface area contributed by atoms with Gasteiger partial charge in [-0.05, 0) is 12.1 Å². The van der Waals surface area contributed by atoms with Crippen molar-refractivity contribution in [3.8, 4) is 5.69 Å². The Balaban J connectivity index is 2.25. The van der Waals surface area contributed by atoms with Crippen molar-refractivity contribution in [3.05, 3.63) is 36.5 Å². The largest absolute Gasteiger partial charge is 0.367 e. The Morgan fingerprint density at radius 3 is 2.80 bits per heavy atom. The monoisotopic (exact) mass is 203 g/mol. The summed E-state index contributed by atoms with van der Waals surface area (Å²) in [5.41, 5.74) is 6.40. The predicted molar refractivity (Wildman–Crippen MR) is 58.9 cm³/mol. The lowest BCUT2D eigenvalue weighted by molar-refractivity contribution is 0.802. The second-order valence-corrected chi connectivity index (χ2v) is 3.08. The van der Waals surface area contributed by atoms with Crippen molar-refractivity contribution in [2.45, 2.75) is 0 Å². The maximum absolute atomic E-state index is 5.42. The number of benzene rings is 1. The molecule has 1 aromatic heterocycles. The first-order valence-electron chi connectivity index (χ1n) is 4.82. The molecule has 2 rings (SSSR count). The number of anilines is 1. The Kier molecular flexibility index (Phi) is 2.94. The van der Waals surface area contributed by atoms with Crippen LogP contribution in [-0.2, 0) is 0 Å². The molecule has 0 amide bonds. The number of rotatable bonds is 4. The topological polar surface area (TPSA) is 68.8 Å². The lowest BCUT2D eigenvalue weighted by Crippen LogP contribution is -2.15. The van der Waals surface area contributed by atoms with Crippen LogP contribution in [0.4, 0.5) is 5.82 Å². The highest BCUT2D eigenvalue weighted by atomic mass is 15.5. The molecule has 0 spiro atoms. The Labute approximate surface area is 87.9 Å². The molecular weight excluding hydrogens is 190 g/mol. The molecule has 5 heteroatoms. The molecule has 0 atom stereocenters. The van der Waals surface area contributed by atoms with Crippen molar-refractivity contribution >= 4 is 5.82 Å². The van der Waals surface area contributed by atoms with E-state index in [1.807, 2.05) is 30.3 Å². The summed E-state index contributed by atoms with van der Waals surface area (Å²) >= 11 is 0. The lowest BCUT2D eigenvalue weighted by Gasteiger charge is -2.06. The molecule has 0 radical (unpaired) electrons. The zero-order valence-electron chi connectivity index (χ0n) is 8.30. The van der Waals surface area contributed by atoms with E-state index < -0.39 is 0 Å². The molecule has 0 unspecified atom stereocenters. The number of aromatic nitrogens is 3. The van der Waals surface area contributed by atoms with Crippen LogP contribution in [0.5, 0.6) is 0 Å². The smallest absolute Gasteiger partial charge is 0.150 e. The van der Waals surface area contributed by atoms with Crippen LogP contribution in [0.25, 0.3) is 5.69 Å². The van der Waals surface area contributed by atoms with Gasteiger partial charge in [0.05, 0.1) is 11.9 Å². The van der Waals surface area contributed by atoms with Gasteiger partial charge in [-0.15, -0.1) is 5.10 Å². The molecule has 1 heterocycles. The number of nitrogens with one attached hydrogen (secondary N) is 1. The van der Waals surface area contributed by atoms with Crippen molar-refractivity contribution in [3.63, 3.8) is 0 Å². The fourth-order valence-corrected chi connectivity index (χ4v) is 1.32. The molecule has 0 bridgehead atoms. The minimum atomic E-state index is 0.583. The van der Waals surface area contributed by atoms with E-state index in [2.05, 4.69) is 15.6 Å². The van der Waals surface area contributed by atoms with E-state index >= 15 is 0 Å². The van der Waals surface area contributed by atoms with Crippen molar-refractivity contribution in [1.29, 1.82) is 0 Å². The highest BCUT2D eigenvalue weighted by molar-refractivity contribution is 5.42.